The first kappa shape index (κ1) is 10.8. The Kier molecular flexibility index (Phi) is 3.17. The van der Waals surface area contributed by atoms with Crippen LogP contribution in [-0.2, 0) is 0 Å². The molecule has 0 amide bonds. The first-order chi connectivity index (χ1) is 7.18. The molecule has 0 saturated carbocycles. The van der Waals surface area contributed by atoms with Crippen molar-refractivity contribution < 1.29 is 0 Å². The maximum atomic E-state index is 6.20. The van der Waals surface area contributed by atoms with E-state index in [-0.39, 0.29) is 0 Å². The summed E-state index contributed by atoms with van der Waals surface area (Å²) < 4.78 is 0. The van der Waals surface area contributed by atoms with E-state index in [0.29, 0.717) is 0 Å². The molecule has 0 radical (unpaired) electrons. The van der Waals surface area contributed by atoms with Crippen molar-refractivity contribution in [3.05, 3.63) is 28.3 Å². The topological polar surface area (TPSA) is 15.3 Å². The fourth-order valence-electron chi connectivity index (χ4n) is 2.03. The van der Waals surface area contributed by atoms with Gasteiger partial charge in [0, 0.05) is 36.9 Å². The number of nitrogens with zero attached hydrogens (tertiary/aromatic N) is 1. The number of piperazine rings is 1. The van der Waals surface area contributed by atoms with Crippen LogP contribution < -0.4 is 10.2 Å². The number of anilines is 1. The van der Waals surface area contributed by atoms with Gasteiger partial charge in [0.25, 0.3) is 0 Å². The molecule has 0 aliphatic carbocycles. The van der Waals surface area contributed by atoms with Crippen LogP contribution in [0.5, 0.6) is 0 Å². The normalized spacial score (nSPS) is 16.9. The predicted octanol–water partition coefficient (Wildman–Crippen LogP) is 2.37. The molecule has 1 aromatic carbocycles. The van der Waals surface area contributed by atoms with Crippen molar-refractivity contribution in [2.45, 2.75) is 13.8 Å². The van der Waals surface area contributed by atoms with E-state index in [0.717, 1.165) is 31.2 Å². The molecule has 0 spiro atoms. The second-order valence-corrected chi connectivity index (χ2v) is 4.54. The van der Waals surface area contributed by atoms with Crippen LogP contribution in [0.15, 0.2) is 12.1 Å². The lowest BCUT2D eigenvalue weighted by Gasteiger charge is -2.31. The minimum atomic E-state index is 0.878. The first-order valence-electron chi connectivity index (χ1n) is 5.41. The van der Waals surface area contributed by atoms with Crippen molar-refractivity contribution in [3.63, 3.8) is 0 Å². The average molecular weight is 225 g/mol. The van der Waals surface area contributed by atoms with Crippen LogP contribution in [0, 0.1) is 13.8 Å². The summed E-state index contributed by atoms with van der Waals surface area (Å²) in [6.07, 6.45) is 0. The second kappa shape index (κ2) is 4.42. The third-order valence-corrected chi connectivity index (χ3v) is 3.31. The summed E-state index contributed by atoms with van der Waals surface area (Å²) in [5, 5.41) is 4.24. The molecule has 15 heavy (non-hydrogen) atoms. The van der Waals surface area contributed by atoms with E-state index in [1.165, 1.54) is 16.8 Å². The Morgan fingerprint density at radius 3 is 2.53 bits per heavy atom. The highest BCUT2D eigenvalue weighted by Gasteiger charge is 2.14. The van der Waals surface area contributed by atoms with Crippen LogP contribution in [0.4, 0.5) is 5.69 Å². The van der Waals surface area contributed by atoms with Crippen LogP contribution >= 0.6 is 11.6 Å². The van der Waals surface area contributed by atoms with Gasteiger partial charge >= 0.3 is 0 Å². The summed E-state index contributed by atoms with van der Waals surface area (Å²) in [4.78, 5) is 2.41. The van der Waals surface area contributed by atoms with Gasteiger partial charge in [-0.1, -0.05) is 11.6 Å². The summed E-state index contributed by atoms with van der Waals surface area (Å²) in [6.45, 7) is 8.45. The third kappa shape index (κ3) is 2.27. The number of aryl methyl sites for hydroxylation is 1. The molecular formula is C12H17ClN2. The Balaban J connectivity index is 2.33. The minimum Gasteiger partial charge on any atom is -0.369 e. The highest BCUT2D eigenvalue weighted by atomic mass is 35.5. The lowest BCUT2D eigenvalue weighted by Crippen LogP contribution is -2.43. The smallest absolute Gasteiger partial charge is 0.0458 e. The van der Waals surface area contributed by atoms with Crippen LogP contribution in [0.25, 0.3) is 0 Å². The van der Waals surface area contributed by atoms with E-state index in [1.807, 2.05) is 6.07 Å². The highest BCUT2D eigenvalue weighted by molar-refractivity contribution is 6.31. The molecule has 2 rings (SSSR count). The molecule has 0 aromatic heterocycles. The summed E-state index contributed by atoms with van der Waals surface area (Å²) in [5.74, 6) is 0. The Bertz CT molecular complexity index is 357. The summed E-state index contributed by atoms with van der Waals surface area (Å²) >= 11 is 6.20. The van der Waals surface area contributed by atoms with Crippen molar-refractivity contribution in [2.24, 2.45) is 0 Å². The first-order valence-corrected chi connectivity index (χ1v) is 5.78. The lowest BCUT2D eigenvalue weighted by molar-refractivity contribution is 0.588. The van der Waals surface area contributed by atoms with Gasteiger partial charge in [0.2, 0.25) is 0 Å². The van der Waals surface area contributed by atoms with Crippen molar-refractivity contribution >= 4 is 17.3 Å². The number of halogens is 1. The zero-order chi connectivity index (χ0) is 10.8. The van der Waals surface area contributed by atoms with Gasteiger partial charge in [-0.15, -0.1) is 0 Å². The van der Waals surface area contributed by atoms with Gasteiger partial charge in [0.15, 0.2) is 0 Å². The van der Waals surface area contributed by atoms with E-state index >= 15 is 0 Å². The predicted molar refractivity (Wildman–Crippen MR) is 66.0 cm³/mol. The van der Waals surface area contributed by atoms with Gasteiger partial charge in [-0.05, 0) is 37.1 Å². The molecule has 3 heteroatoms. The van der Waals surface area contributed by atoms with Gasteiger partial charge < -0.3 is 10.2 Å². The summed E-state index contributed by atoms with van der Waals surface area (Å²) in [7, 11) is 0. The summed E-state index contributed by atoms with van der Waals surface area (Å²) in [5.41, 5.74) is 3.73. The molecule has 82 valence electrons. The monoisotopic (exact) mass is 224 g/mol. The van der Waals surface area contributed by atoms with Crippen LogP contribution in [0.2, 0.25) is 5.02 Å². The number of hydrogen-bond donors (Lipinski definition) is 1. The van der Waals surface area contributed by atoms with E-state index in [9.17, 15) is 0 Å². The van der Waals surface area contributed by atoms with Crippen LogP contribution in [0.1, 0.15) is 11.1 Å². The van der Waals surface area contributed by atoms with Crippen molar-refractivity contribution in [1.29, 1.82) is 0 Å². The van der Waals surface area contributed by atoms with Crippen LogP contribution in [-0.4, -0.2) is 26.2 Å². The zero-order valence-electron chi connectivity index (χ0n) is 9.31. The highest BCUT2D eigenvalue weighted by Crippen LogP contribution is 2.28. The lowest BCUT2D eigenvalue weighted by atomic mass is 10.1. The molecular weight excluding hydrogens is 208 g/mol. The van der Waals surface area contributed by atoms with Gasteiger partial charge in [-0.2, -0.15) is 0 Å². The van der Waals surface area contributed by atoms with Crippen molar-refractivity contribution in [3.8, 4) is 0 Å². The number of rotatable bonds is 1. The van der Waals surface area contributed by atoms with E-state index < -0.39 is 0 Å². The van der Waals surface area contributed by atoms with Crippen molar-refractivity contribution in [2.75, 3.05) is 31.1 Å². The standard InChI is InChI=1S/C12H17ClN2/c1-9-7-11(13)10(2)12(8-9)15-5-3-14-4-6-15/h7-8,14H,3-6H2,1-2H3. The van der Waals surface area contributed by atoms with E-state index in [1.54, 1.807) is 0 Å². The summed E-state index contributed by atoms with van der Waals surface area (Å²) in [6, 6.07) is 4.26. The Morgan fingerprint density at radius 2 is 1.87 bits per heavy atom. The van der Waals surface area contributed by atoms with Gasteiger partial charge in [0.1, 0.15) is 0 Å². The molecule has 1 N–H and O–H groups in total. The molecule has 0 atom stereocenters. The molecule has 2 nitrogen and oxygen atoms in total. The molecule has 1 heterocycles. The van der Waals surface area contributed by atoms with E-state index in [2.05, 4.69) is 30.1 Å². The number of nitrogens with one attached hydrogen (secondary N) is 1. The van der Waals surface area contributed by atoms with E-state index in [4.69, 9.17) is 11.6 Å². The quantitative estimate of drug-likeness (QED) is 0.788. The fraction of sp³-hybridized carbons (Fsp3) is 0.500. The van der Waals surface area contributed by atoms with Crippen LogP contribution in [0.3, 0.4) is 0 Å². The maximum Gasteiger partial charge on any atom is 0.0458 e. The largest absolute Gasteiger partial charge is 0.369 e. The molecule has 1 saturated heterocycles. The fourth-order valence-corrected chi connectivity index (χ4v) is 2.30. The van der Waals surface area contributed by atoms with Gasteiger partial charge in [0.05, 0.1) is 0 Å². The zero-order valence-corrected chi connectivity index (χ0v) is 10.1. The average Bonchev–Trinajstić information content (AvgIpc) is 2.24. The van der Waals surface area contributed by atoms with Gasteiger partial charge in [-0.3, -0.25) is 0 Å². The number of benzene rings is 1. The molecule has 0 bridgehead atoms. The maximum absolute atomic E-state index is 6.20. The minimum absolute atomic E-state index is 0.878. The third-order valence-electron chi connectivity index (χ3n) is 2.92. The van der Waals surface area contributed by atoms with Gasteiger partial charge in [-0.25, -0.2) is 0 Å². The Morgan fingerprint density at radius 1 is 1.20 bits per heavy atom. The molecule has 1 aromatic rings. The molecule has 1 fully saturated rings. The van der Waals surface area contributed by atoms with Crippen molar-refractivity contribution in [1.82, 2.24) is 5.32 Å². The number of hydrogen-bond acceptors (Lipinski definition) is 2. The molecule has 0 unspecified atom stereocenters. The second-order valence-electron chi connectivity index (χ2n) is 4.13. The Labute approximate surface area is 96.2 Å². The SMILES string of the molecule is Cc1cc(Cl)c(C)c(N2CCNCC2)c1. The molecule has 1 aliphatic rings. The molecule has 1 aliphatic heterocycles. The Hall–Kier alpha value is -0.730.